The van der Waals surface area contributed by atoms with Gasteiger partial charge in [-0.25, -0.2) is 0 Å². The molecule has 0 saturated carbocycles. The summed E-state index contributed by atoms with van der Waals surface area (Å²) in [4.78, 5) is 15.3. The van der Waals surface area contributed by atoms with Gasteiger partial charge in [-0.3, -0.25) is 9.69 Å². The van der Waals surface area contributed by atoms with Gasteiger partial charge >= 0.3 is 0 Å². The van der Waals surface area contributed by atoms with Crippen LogP contribution in [0, 0.1) is 0 Å². The standard InChI is InChI=1S/C17H27N3O2S/c1-13(19-17(21)10-18-22)11-20-8-4-3-5-14-9-16(23-2)7-6-15(14)12-20/h6-7,9,13,18,22H,3-5,8,10-12H2,1-2H3,(H,19,21)/t13-/m0/s1. The number of nitrogens with one attached hydrogen (secondary N) is 2. The van der Waals surface area contributed by atoms with Crippen LogP contribution in [0.1, 0.15) is 30.9 Å². The number of aryl methyl sites for hydroxylation is 1. The zero-order valence-corrected chi connectivity index (χ0v) is 14.8. The molecule has 0 aromatic heterocycles. The average molecular weight is 337 g/mol. The molecule has 0 unspecified atom stereocenters. The van der Waals surface area contributed by atoms with E-state index in [2.05, 4.69) is 34.7 Å². The van der Waals surface area contributed by atoms with Gasteiger partial charge in [-0.05, 0) is 62.2 Å². The molecular formula is C17H27N3O2S. The highest BCUT2D eigenvalue weighted by atomic mass is 32.2. The van der Waals surface area contributed by atoms with Gasteiger partial charge in [0.05, 0.1) is 6.54 Å². The molecular weight excluding hydrogens is 310 g/mol. The third kappa shape index (κ3) is 5.80. The fraction of sp³-hybridized carbons (Fsp3) is 0.588. The van der Waals surface area contributed by atoms with Crippen LogP contribution in [0.3, 0.4) is 0 Å². The number of thioether (sulfide) groups is 1. The van der Waals surface area contributed by atoms with E-state index >= 15 is 0 Å². The highest BCUT2D eigenvalue weighted by Crippen LogP contribution is 2.24. The first-order chi connectivity index (χ1) is 11.1. The Kier molecular flexibility index (Phi) is 7.36. The quantitative estimate of drug-likeness (QED) is 0.548. The molecule has 128 valence electrons. The summed E-state index contributed by atoms with van der Waals surface area (Å²) in [5, 5.41) is 11.5. The smallest absolute Gasteiger partial charge is 0.236 e. The minimum Gasteiger partial charge on any atom is -0.351 e. The van der Waals surface area contributed by atoms with Crippen molar-refractivity contribution in [1.29, 1.82) is 0 Å². The van der Waals surface area contributed by atoms with Crippen LogP contribution in [0.25, 0.3) is 0 Å². The summed E-state index contributed by atoms with van der Waals surface area (Å²) in [6.45, 7) is 4.75. The molecule has 1 aliphatic heterocycles. The molecule has 1 heterocycles. The van der Waals surface area contributed by atoms with Crippen LogP contribution in [-0.4, -0.2) is 47.9 Å². The maximum Gasteiger partial charge on any atom is 0.236 e. The number of hydroxylamine groups is 1. The Morgan fingerprint density at radius 3 is 2.96 bits per heavy atom. The molecule has 1 atom stereocenters. The normalized spacial score (nSPS) is 17.0. The van der Waals surface area contributed by atoms with E-state index in [0.717, 1.165) is 26.1 Å². The van der Waals surface area contributed by atoms with Gasteiger partial charge in [-0.15, -0.1) is 11.8 Å². The summed E-state index contributed by atoms with van der Waals surface area (Å²) < 4.78 is 0. The Bertz CT molecular complexity index is 525. The maximum absolute atomic E-state index is 11.5. The van der Waals surface area contributed by atoms with Gasteiger partial charge in [0.15, 0.2) is 0 Å². The zero-order chi connectivity index (χ0) is 16.7. The summed E-state index contributed by atoms with van der Waals surface area (Å²) in [5.41, 5.74) is 4.75. The van der Waals surface area contributed by atoms with Gasteiger partial charge in [0.1, 0.15) is 0 Å². The van der Waals surface area contributed by atoms with Crippen molar-refractivity contribution < 1.29 is 10.0 Å². The molecule has 0 aliphatic carbocycles. The molecule has 0 bridgehead atoms. The molecule has 3 N–H and O–H groups in total. The Hall–Kier alpha value is -1.08. The molecule has 1 amide bonds. The zero-order valence-electron chi connectivity index (χ0n) is 14.0. The number of nitrogens with zero attached hydrogens (tertiary/aromatic N) is 1. The number of carbonyl (C=O) groups is 1. The topological polar surface area (TPSA) is 64.6 Å². The Morgan fingerprint density at radius 2 is 2.22 bits per heavy atom. The Labute approximate surface area is 142 Å². The second kappa shape index (κ2) is 9.27. The van der Waals surface area contributed by atoms with Crippen LogP contribution in [0.2, 0.25) is 0 Å². The molecule has 1 aromatic rings. The van der Waals surface area contributed by atoms with E-state index in [1.807, 2.05) is 12.4 Å². The Morgan fingerprint density at radius 1 is 1.39 bits per heavy atom. The minimum absolute atomic E-state index is 0.0594. The minimum atomic E-state index is -0.183. The third-order valence-corrected chi connectivity index (χ3v) is 4.88. The van der Waals surface area contributed by atoms with Gasteiger partial charge < -0.3 is 10.5 Å². The van der Waals surface area contributed by atoms with Crippen LogP contribution in [0.5, 0.6) is 0 Å². The number of amides is 1. The summed E-state index contributed by atoms with van der Waals surface area (Å²) in [6, 6.07) is 6.82. The number of benzene rings is 1. The lowest BCUT2D eigenvalue weighted by Crippen LogP contribution is -2.44. The van der Waals surface area contributed by atoms with Crippen LogP contribution < -0.4 is 10.8 Å². The second-order valence-corrected chi connectivity index (χ2v) is 7.01. The van der Waals surface area contributed by atoms with E-state index in [0.29, 0.717) is 0 Å². The van der Waals surface area contributed by atoms with Gasteiger partial charge in [-0.2, -0.15) is 5.48 Å². The van der Waals surface area contributed by atoms with E-state index in [-0.39, 0.29) is 18.5 Å². The fourth-order valence-electron chi connectivity index (χ4n) is 3.07. The molecule has 0 radical (unpaired) electrons. The van der Waals surface area contributed by atoms with Crippen molar-refractivity contribution in [2.75, 3.05) is 25.9 Å². The maximum atomic E-state index is 11.5. The van der Waals surface area contributed by atoms with Gasteiger partial charge in [0.25, 0.3) is 0 Å². The van der Waals surface area contributed by atoms with Crippen molar-refractivity contribution in [2.45, 2.75) is 43.7 Å². The van der Waals surface area contributed by atoms with Crippen molar-refractivity contribution in [3.8, 4) is 0 Å². The molecule has 0 spiro atoms. The van der Waals surface area contributed by atoms with Crippen molar-refractivity contribution in [2.24, 2.45) is 0 Å². The lowest BCUT2D eigenvalue weighted by Gasteiger charge is -2.29. The highest BCUT2D eigenvalue weighted by molar-refractivity contribution is 7.98. The van der Waals surface area contributed by atoms with Crippen molar-refractivity contribution in [1.82, 2.24) is 15.7 Å². The van der Waals surface area contributed by atoms with E-state index in [1.165, 1.54) is 28.9 Å². The molecule has 5 nitrogen and oxygen atoms in total. The van der Waals surface area contributed by atoms with Crippen molar-refractivity contribution in [3.63, 3.8) is 0 Å². The summed E-state index contributed by atoms with van der Waals surface area (Å²) in [7, 11) is 0. The lowest BCUT2D eigenvalue weighted by atomic mass is 9.99. The summed E-state index contributed by atoms with van der Waals surface area (Å²) in [6.07, 6.45) is 5.66. The first kappa shape index (κ1) is 18.3. The largest absolute Gasteiger partial charge is 0.351 e. The van der Waals surface area contributed by atoms with E-state index < -0.39 is 0 Å². The third-order valence-electron chi connectivity index (χ3n) is 4.16. The number of carbonyl (C=O) groups excluding carboxylic acids is 1. The predicted molar refractivity (Wildman–Crippen MR) is 93.8 cm³/mol. The van der Waals surface area contributed by atoms with Crippen LogP contribution in [-0.2, 0) is 17.8 Å². The molecule has 6 heteroatoms. The van der Waals surface area contributed by atoms with Gasteiger partial charge in [0.2, 0.25) is 5.91 Å². The van der Waals surface area contributed by atoms with Crippen LogP contribution in [0.4, 0.5) is 0 Å². The first-order valence-corrected chi connectivity index (χ1v) is 9.39. The molecule has 23 heavy (non-hydrogen) atoms. The number of rotatable bonds is 6. The molecule has 0 fully saturated rings. The molecule has 1 aliphatic rings. The van der Waals surface area contributed by atoms with Crippen molar-refractivity contribution in [3.05, 3.63) is 29.3 Å². The van der Waals surface area contributed by atoms with Gasteiger partial charge in [0, 0.05) is 24.0 Å². The predicted octanol–water partition coefficient (Wildman–Crippen LogP) is 2.03. The SMILES string of the molecule is CSc1ccc2c(c1)CCCCN(C[C@H](C)NC(=O)CNO)C2. The number of fused-ring (bicyclic) bond motifs is 1. The average Bonchev–Trinajstić information content (AvgIpc) is 2.50. The molecule has 1 aromatic carbocycles. The van der Waals surface area contributed by atoms with E-state index in [4.69, 9.17) is 5.21 Å². The lowest BCUT2D eigenvalue weighted by molar-refractivity contribution is -0.122. The fourth-order valence-corrected chi connectivity index (χ4v) is 3.54. The van der Waals surface area contributed by atoms with E-state index in [9.17, 15) is 4.79 Å². The summed E-state index contributed by atoms with van der Waals surface area (Å²) in [5.74, 6) is -0.183. The highest BCUT2D eigenvalue weighted by Gasteiger charge is 2.16. The van der Waals surface area contributed by atoms with Gasteiger partial charge in [-0.1, -0.05) is 6.07 Å². The first-order valence-electron chi connectivity index (χ1n) is 8.17. The monoisotopic (exact) mass is 337 g/mol. The number of hydrogen-bond acceptors (Lipinski definition) is 5. The second-order valence-electron chi connectivity index (χ2n) is 6.13. The van der Waals surface area contributed by atoms with Crippen LogP contribution in [0.15, 0.2) is 23.1 Å². The van der Waals surface area contributed by atoms with E-state index in [1.54, 1.807) is 11.8 Å². The Balaban J connectivity index is 1.98. The molecule has 2 rings (SSSR count). The van der Waals surface area contributed by atoms with Crippen LogP contribution >= 0.6 is 11.8 Å². The number of hydrogen-bond donors (Lipinski definition) is 3. The summed E-state index contributed by atoms with van der Waals surface area (Å²) >= 11 is 1.79. The molecule has 0 saturated heterocycles. The van der Waals surface area contributed by atoms with Crippen molar-refractivity contribution >= 4 is 17.7 Å².